The van der Waals surface area contributed by atoms with Gasteiger partial charge in [0.25, 0.3) is 0 Å². The van der Waals surface area contributed by atoms with Gasteiger partial charge in [0.2, 0.25) is 5.91 Å². The summed E-state index contributed by atoms with van der Waals surface area (Å²) in [4.78, 5) is 15.3. The summed E-state index contributed by atoms with van der Waals surface area (Å²) in [6, 6.07) is 6.08. The predicted molar refractivity (Wildman–Crippen MR) is 82.0 cm³/mol. The summed E-state index contributed by atoms with van der Waals surface area (Å²) in [5.74, 6) is 0.109. The molecule has 0 atom stereocenters. The van der Waals surface area contributed by atoms with Gasteiger partial charge >= 0.3 is 0 Å². The third-order valence-electron chi connectivity index (χ3n) is 4.05. The van der Waals surface area contributed by atoms with Crippen molar-refractivity contribution in [3.63, 3.8) is 0 Å². The number of aromatic amines is 1. The Kier molecular flexibility index (Phi) is 3.97. The van der Waals surface area contributed by atoms with Gasteiger partial charge in [0.1, 0.15) is 0 Å². The Labute approximate surface area is 123 Å². The molecule has 0 spiro atoms. The van der Waals surface area contributed by atoms with Gasteiger partial charge in [-0.3, -0.25) is 4.79 Å². The molecule has 1 saturated carbocycles. The van der Waals surface area contributed by atoms with Crippen LogP contribution in [0.4, 0.5) is 0 Å². The summed E-state index contributed by atoms with van der Waals surface area (Å²) >= 11 is 6.03. The van der Waals surface area contributed by atoms with Crippen molar-refractivity contribution in [1.29, 1.82) is 0 Å². The van der Waals surface area contributed by atoms with Crippen molar-refractivity contribution >= 4 is 28.4 Å². The highest BCUT2D eigenvalue weighted by molar-refractivity contribution is 6.31. The number of H-pyrrole nitrogens is 1. The van der Waals surface area contributed by atoms with Gasteiger partial charge in [0.15, 0.2) is 0 Å². The molecular formula is C16H19ClN2O. The zero-order chi connectivity index (χ0) is 13.9. The number of carbonyl (C=O) groups excluding carboxylic acids is 1. The molecule has 106 valence electrons. The van der Waals surface area contributed by atoms with Gasteiger partial charge in [-0.05, 0) is 36.6 Å². The van der Waals surface area contributed by atoms with E-state index in [1.807, 2.05) is 24.4 Å². The van der Waals surface area contributed by atoms with E-state index in [2.05, 4.69) is 10.3 Å². The van der Waals surface area contributed by atoms with Crippen LogP contribution >= 0.6 is 11.6 Å². The van der Waals surface area contributed by atoms with Crippen molar-refractivity contribution in [2.75, 3.05) is 0 Å². The second-order valence-corrected chi connectivity index (χ2v) is 6.02. The third kappa shape index (κ3) is 2.98. The van der Waals surface area contributed by atoms with Crippen LogP contribution in [-0.4, -0.2) is 16.9 Å². The molecule has 3 nitrogen and oxygen atoms in total. The summed E-state index contributed by atoms with van der Waals surface area (Å²) < 4.78 is 0. The molecule has 3 rings (SSSR count). The molecule has 0 unspecified atom stereocenters. The quantitative estimate of drug-likeness (QED) is 0.887. The highest BCUT2D eigenvalue weighted by atomic mass is 35.5. The van der Waals surface area contributed by atoms with Crippen LogP contribution in [-0.2, 0) is 11.2 Å². The number of halogens is 1. The van der Waals surface area contributed by atoms with E-state index in [4.69, 9.17) is 11.6 Å². The number of benzene rings is 1. The molecule has 1 aliphatic rings. The lowest BCUT2D eigenvalue weighted by atomic mass is 9.95. The van der Waals surface area contributed by atoms with Crippen LogP contribution in [0.5, 0.6) is 0 Å². The van der Waals surface area contributed by atoms with Gasteiger partial charge < -0.3 is 10.3 Å². The number of carbonyl (C=O) groups is 1. The van der Waals surface area contributed by atoms with E-state index in [-0.39, 0.29) is 5.91 Å². The molecule has 1 aliphatic carbocycles. The summed E-state index contributed by atoms with van der Waals surface area (Å²) in [6.07, 6.45) is 8.31. The third-order valence-corrected chi connectivity index (χ3v) is 4.29. The van der Waals surface area contributed by atoms with Crippen LogP contribution in [0, 0.1) is 0 Å². The molecule has 0 saturated heterocycles. The molecule has 1 aromatic carbocycles. The number of nitrogens with one attached hydrogen (secondary N) is 2. The zero-order valence-corrected chi connectivity index (χ0v) is 12.2. The van der Waals surface area contributed by atoms with Gasteiger partial charge in [-0.1, -0.05) is 30.9 Å². The van der Waals surface area contributed by atoms with Crippen LogP contribution in [0.2, 0.25) is 5.02 Å². The number of hydrogen-bond acceptors (Lipinski definition) is 1. The minimum atomic E-state index is 0.109. The summed E-state index contributed by atoms with van der Waals surface area (Å²) in [5.41, 5.74) is 2.03. The van der Waals surface area contributed by atoms with Gasteiger partial charge in [-0.2, -0.15) is 0 Å². The normalized spacial score (nSPS) is 16.4. The van der Waals surface area contributed by atoms with Gasteiger partial charge in [-0.15, -0.1) is 0 Å². The molecular weight excluding hydrogens is 272 g/mol. The van der Waals surface area contributed by atoms with Crippen LogP contribution in [0.3, 0.4) is 0 Å². The van der Waals surface area contributed by atoms with E-state index in [0.29, 0.717) is 17.5 Å². The van der Waals surface area contributed by atoms with Crippen molar-refractivity contribution in [2.45, 2.75) is 44.6 Å². The standard InChI is InChI=1S/C16H19ClN2O/c17-12-6-7-15-14(9-12)11(10-18-15)8-16(20)19-13-4-2-1-3-5-13/h6-7,9-10,13,18H,1-5,8H2,(H,19,20). The Morgan fingerprint density at radius 2 is 2.10 bits per heavy atom. The second kappa shape index (κ2) is 5.88. The predicted octanol–water partition coefficient (Wildman–Crippen LogP) is 3.81. The zero-order valence-electron chi connectivity index (χ0n) is 11.4. The summed E-state index contributed by atoms with van der Waals surface area (Å²) in [7, 11) is 0. The maximum Gasteiger partial charge on any atom is 0.224 e. The van der Waals surface area contributed by atoms with Gasteiger partial charge in [0.05, 0.1) is 6.42 Å². The van der Waals surface area contributed by atoms with Crippen LogP contribution < -0.4 is 5.32 Å². The van der Waals surface area contributed by atoms with E-state index in [1.54, 1.807) is 0 Å². The number of fused-ring (bicyclic) bond motifs is 1. The maximum absolute atomic E-state index is 12.1. The Balaban J connectivity index is 1.69. The maximum atomic E-state index is 12.1. The van der Waals surface area contributed by atoms with E-state index in [1.165, 1.54) is 19.3 Å². The number of rotatable bonds is 3. The van der Waals surface area contributed by atoms with E-state index >= 15 is 0 Å². The molecule has 1 heterocycles. The minimum absolute atomic E-state index is 0.109. The fourth-order valence-corrected chi connectivity index (χ4v) is 3.17. The second-order valence-electron chi connectivity index (χ2n) is 5.58. The number of amides is 1. The number of hydrogen-bond donors (Lipinski definition) is 2. The first-order valence-corrected chi connectivity index (χ1v) is 7.65. The van der Waals surface area contributed by atoms with E-state index < -0.39 is 0 Å². The molecule has 1 fully saturated rings. The van der Waals surface area contributed by atoms with E-state index in [9.17, 15) is 4.79 Å². The highest BCUT2D eigenvalue weighted by Crippen LogP contribution is 2.23. The Bertz CT molecular complexity index is 614. The van der Waals surface area contributed by atoms with Crippen LogP contribution in [0.25, 0.3) is 10.9 Å². The van der Waals surface area contributed by atoms with Gasteiger partial charge in [-0.25, -0.2) is 0 Å². The Morgan fingerprint density at radius 1 is 1.30 bits per heavy atom. The summed E-state index contributed by atoms with van der Waals surface area (Å²) in [6.45, 7) is 0. The minimum Gasteiger partial charge on any atom is -0.361 e. The van der Waals surface area contributed by atoms with Crippen molar-refractivity contribution in [3.8, 4) is 0 Å². The first kappa shape index (κ1) is 13.5. The summed E-state index contributed by atoms with van der Waals surface area (Å²) in [5, 5.41) is 4.89. The highest BCUT2D eigenvalue weighted by Gasteiger charge is 2.16. The van der Waals surface area contributed by atoms with Crippen molar-refractivity contribution in [3.05, 3.63) is 35.0 Å². The topological polar surface area (TPSA) is 44.9 Å². The molecule has 1 amide bonds. The monoisotopic (exact) mass is 290 g/mol. The first-order chi connectivity index (χ1) is 9.72. The average molecular weight is 291 g/mol. The van der Waals surface area contributed by atoms with Crippen molar-refractivity contribution < 1.29 is 4.79 Å². The fourth-order valence-electron chi connectivity index (χ4n) is 3.00. The largest absolute Gasteiger partial charge is 0.361 e. The molecule has 0 radical (unpaired) electrons. The smallest absolute Gasteiger partial charge is 0.224 e. The SMILES string of the molecule is O=C(Cc1c[nH]c2ccc(Cl)cc12)NC1CCCCC1. The molecule has 1 aromatic heterocycles. The Hall–Kier alpha value is -1.48. The van der Waals surface area contributed by atoms with Crippen LogP contribution in [0.1, 0.15) is 37.7 Å². The number of aromatic nitrogens is 1. The average Bonchev–Trinajstić information content (AvgIpc) is 2.82. The molecule has 0 aliphatic heterocycles. The molecule has 0 bridgehead atoms. The molecule has 20 heavy (non-hydrogen) atoms. The lowest BCUT2D eigenvalue weighted by molar-refractivity contribution is -0.121. The van der Waals surface area contributed by atoms with Crippen molar-refractivity contribution in [1.82, 2.24) is 10.3 Å². The molecule has 2 N–H and O–H groups in total. The first-order valence-electron chi connectivity index (χ1n) is 7.27. The van der Waals surface area contributed by atoms with E-state index in [0.717, 1.165) is 29.3 Å². The molecule has 2 aromatic rings. The lowest BCUT2D eigenvalue weighted by Gasteiger charge is -2.22. The fraction of sp³-hybridized carbons (Fsp3) is 0.438. The molecule has 4 heteroatoms. The Morgan fingerprint density at radius 3 is 2.90 bits per heavy atom. The lowest BCUT2D eigenvalue weighted by Crippen LogP contribution is -2.37. The van der Waals surface area contributed by atoms with Crippen LogP contribution in [0.15, 0.2) is 24.4 Å². The van der Waals surface area contributed by atoms with Crippen molar-refractivity contribution in [2.24, 2.45) is 0 Å². The van der Waals surface area contributed by atoms with Gasteiger partial charge in [0, 0.05) is 28.2 Å².